The molecule has 1 heterocycles. The number of hydrogen-bond donors (Lipinski definition) is 0. The van der Waals surface area contributed by atoms with Crippen LogP contribution in [0.5, 0.6) is 0 Å². The summed E-state index contributed by atoms with van der Waals surface area (Å²) in [5.41, 5.74) is 0. The van der Waals surface area contributed by atoms with Crippen molar-refractivity contribution < 1.29 is 4.79 Å². The molecule has 1 saturated heterocycles. The molecule has 78 valence electrons. The van der Waals surface area contributed by atoms with Crippen LogP contribution in [0.4, 0.5) is 0 Å². The van der Waals surface area contributed by atoms with Crippen LogP contribution >= 0.6 is 0 Å². The van der Waals surface area contributed by atoms with Crippen LogP contribution in [0.15, 0.2) is 12.2 Å². The summed E-state index contributed by atoms with van der Waals surface area (Å²) in [4.78, 5) is 14.1. The standard InChI is InChI=1S/C12H19NO/c14-12(11-7-3-1-4-8-11)13-9-5-2-6-10-13/h1,3,11H,2,4-10H2. The van der Waals surface area contributed by atoms with Gasteiger partial charge in [-0.15, -0.1) is 0 Å². The molecule has 0 aromatic heterocycles. The van der Waals surface area contributed by atoms with Crippen molar-refractivity contribution in [2.45, 2.75) is 38.5 Å². The maximum atomic E-state index is 12.0. The van der Waals surface area contributed by atoms with E-state index >= 15 is 0 Å². The van der Waals surface area contributed by atoms with E-state index in [1.807, 2.05) is 0 Å². The Hall–Kier alpha value is -0.790. The van der Waals surface area contributed by atoms with Gasteiger partial charge in [-0.1, -0.05) is 12.2 Å². The zero-order valence-corrected chi connectivity index (χ0v) is 8.74. The molecule has 1 fully saturated rings. The molecule has 0 saturated carbocycles. The second-order valence-electron chi connectivity index (χ2n) is 4.37. The average Bonchev–Trinajstić information content (AvgIpc) is 2.30. The number of amides is 1. The van der Waals surface area contributed by atoms with Crippen molar-refractivity contribution in [2.75, 3.05) is 13.1 Å². The molecule has 0 radical (unpaired) electrons. The Morgan fingerprint density at radius 1 is 1.14 bits per heavy atom. The van der Waals surface area contributed by atoms with Crippen LogP contribution in [0, 0.1) is 5.92 Å². The molecular weight excluding hydrogens is 174 g/mol. The molecule has 0 spiro atoms. The minimum atomic E-state index is 0.290. The maximum absolute atomic E-state index is 12.0. The molecule has 1 aliphatic heterocycles. The fraction of sp³-hybridized carbons (Fsp3) is 0.750. The Labute approximate surface area is 86.0 Å². The van der Waals surface area contributed by atoms with E-state index in [9.17, 15) is 4.79 Å². The van der Waals surface area contributed by atoms with Crippen LogP contribution in [0.2, 0.25) is 0 Å². The van der Waals surface area contributed by atoms with Crippen LogP contribution in [0.1, 0.15) is 38.5 Å². The molecule has 2 aliphatic rings. The van der Waals surface area contributed by atoms with E-state index in [2.05, 4.69) is 17.1 Å². The van der Waals surface area contributed by atoms with E-state index in [4.69, 9.17) is 0 Å². The van der Waals surface area contributed by atoms with Gasteiger partial charge in [-0.3, -0.25) is 4.79 Å². The first kappa shape index (κ1) is 9.75. The third kappa shape index (κ3) is 2.17. The molecular formula is C12H19NO. The minimum absolute atomic E-state index is 0.290. The summed E-state index contributed by atoms with van der Waals surface area (Å²) in [6.45, 7) is 2.00. The number of carbonyl (C=O) groups excluding carboxylic acids is 1. The number of nitrogens with zero attached hydrogens (tertiary/aromatic N) is 1. The van der Waals surface area contributed by atoms with Gasteiger partial charge in [0.1, 0.15) is 0 Å². The van der Waals surface area contributed by atoms with Gasteiger partial charge in [0.05, 0.1) is 0 Å². The van der Waals surface area contributed by atoms with Gasteiger partial charge in [-0.25, -0.2) is 0 Å². The lowest BCUT2D eigenvalue weighted by Gasteiger charge is -2.30. The summed E-state index contributed by atoms with van der Waals surface area (Å²) in [6.07, 6.45) is 11.2. The maximum Gasteiger partial charge on any atom is 0.226 e. The molecule has 0 aromatic rings. The molecule has 1 atom stereocenters. The first-order valence-corrected chi connectivity index (χ1v) is 5.82. The normalized spacial score (nSPS) is 27.7. The summed E-state index contributed by atoms with van der Waals surface area (Å²) in [6, 6.07) is 0. The van der Waals surface area contributed by atoms with Gasteiger partial charge in [0.2, 0.25) is 5.91 Å². The third-order valence-corrected chi connectivity index (χ3v) is 3.29. The van der Waals surface area contributed by atoms with Crippen molar-refractivity contribution in [3.63, 3.8) is 0 Å². The van der Waals surface area contributed by atoms with Gasteiger partial charge in [0.15, 0.2) is 0 Å². The lowest BCUT2D eigenvalue weighted by Crippen LogP contribution is -2.39. The Kier molecular flexibility index (Phi) is 3.22. The first-order valence-electron chi connectivity index (χ1n) is 5.82. The topological polar surface area (TPSA) is 20.3 Å². The number of rotatable bonds is 1. The van der Waals surface area contributed by atoms with Crippen LogP contribution in [-0.2, 0) is 4.79 Å². The van der Waals surface area contributed by atoms with E-state index in [-0.39, 0.29) is 5.92 Å². The van der Waals surface area contributed by atoms with E-state index in [0.717, 1.165) is 32.4 Å². The van der Waals surface area contributed by atoms with Crippen LogP contribution < -0.4 is 0 Å². The highest BCUT2D eigenvalue weighted by Crippen LogP contribution is 2.22. The third-order valence-electron chi connectivity index (χ3n) is 3.29. The fourth-order valence-electron chi connectivity index (χ4n) is 2.39. The summed E-state index contributed by atoms with van der Waals surface area (Å²) < 4.78 is 0. The van der Waals surface area contributed by atoms with Crippen LogP contribution in [-0.4, -0.2) is 23.9 Å². The lowest BCUT2D eigenvalue weighted by molar-refractivity contribution is -0.136. The predicted octanol–water partition coefficient (Wildman–Crippen LogP) is 2.36. The smallest absolute Gasteiger partial charge is 0.226 e. The van der Waals surface area contributed by atoms with E-state index in [1.165, 1.54) is 19.3 Å². The van der Waals surface area contributed by atoms with Crippen LogP contribution in [0.25, 0.3) is 0 Å². The molecule has 2 nitrogen and oxygen atoms in total. The largest absolute Gasteiger partial charge is 0.342 e. The van der Waals surface area contributed by atoms with Gasteiger partial charge in [-0.2, -0.15) is 0 Å². The summed E-state index contributed by atoms with van der Waals surface area (Å²) >= 11 is 0. The molecule has 0 aromatic carbocycles. The number of likely N-dealkylation sites (tertiary alicyclic amines) is 1. The highest BCUT2D eigenvalue weighted by Gasteiger charge is 2.24. The summed E-state index contributed by atoms with van der Waals surface area (Å²) in [5.74, 6) is 0.701. The monoisotopic (exact) mass is 193 g/mol. The van der Waals surface area contributed by atoms with Gasteiger partial charge in [-0.05, 0) is 38.5 Å². The average molecular weight is 193 g/mol. The van der Waals surface area contributed by atoms with Gasteiger partial charge >= 0.3 is 0 Å². The lowest BCUT2D eigenvalue weighted by atomic mass is 9.92. The number of hydrogen-bond acceptors (Lipinski definition) is 1. The summed E-state index contributed by atoms with van der Waals surface area (Å²) in [5, 5.41) is 0. The predicted molar refractivity (Wildman–Crippen MR) is 56.9 cm³/mol. The minimum Gasteiger partial charge on any atom is -0.342 e. The van der Waals surface area contributed by atoms with Crippen LogP contribution in [0.3, 0.4) is 0 Å². The fourth-order valence-corrected chi connectivity index (χ4v) is 2.39. The van der Waals surface area contributed by atoms with Crippen molar-refractivity contribution in [2.24, 2.45) is 5.92 Å². The molecule has 0 N–H and O–H groups in total. The van der Waals surface area contributed by atoms with Crippen molar-refractivity contribution in [1.29, 1.82) is 0 Å². The zero-order chi connectivity index (χ0) is 9.80. The van der Waals surface area contributed by atoms with Crippen molar-refractivity contribution >= 4 is 5.91 Å². The Bertz CT molecular complexity index is 228. The molecule has 1 amide bonds. The van der Waals surface area contributed by atoms with Crippen molar-refractivity contribution in [3.8, 4) is 0 Å². The number of carbonyl (C=O) groups is 1. The number of piperidine rings is 1. The first-order chi connectivity index (χ1) is 6.88. The molecule has 0 bridgehead atoms. The molecule has 1 unspecified atom stereocenters. The Morgan fingerprint density at radius 2 is 1.93 bits per heavy atom. The molecule has 2 rings (SSSR count). The van der Waals surface area contributed by atoms with E-state index in [1.54, 1.807) is 0 Å². The van der Waals surface area contributed by atoms with Gasteiger partial charge in [0, 0.05) is 19.0 Å². The SMILES string of the molecule is O=C(C1CC=CCC1)N1CCCCC1. The quantitative estimate of drug-likeness (QED) is 0.585. The number of allylic oxidation sites excluding steroid dienone is 2. The molecule has 14 heavy (non-hydrogen) atoms. The van der Waals surface area contributed by atoms with Gasteiger partial charge in [0.25, 0.3) is 0 Å². The van der Waals surface area contributed by atoms with Crippen molar-refractivity contribution in [1.82, 2.24) is 4.90 Å². The van der Waals surface area contributed by atoms with Gasteiger partial charge < -0.3 is 4.90 Å². The zero-order valence-electron chi connectivity index (χ0n) is 8.74. The highest BCUT2D eigenvalue weighted by atomic mass is 16.2. The Balaban J connectivity index is 1.89. The highest BCUT2D eigenvalue weighted by molar-refractivity contribution is 5.79. The second-order valence-corrected chi connectivity index (χ2v) is 4.37. The van der Waals surface area contributed by atoms with E-state index < -0.39 is 0 Å². The van der Waals surface area contributed by atoms with E-state index in [0.29, 0.717) is 5.91 Å². The summed E-state index contributed by atoms with van der Waals surface area (Å²) in [7, 11) is 0. The Morgan fingerprint density at radius 3 is 2.57 bits per heavy atom. The second kappa shape index (κ2) is 4.63. The van der Waals surface area contributed by atoms with Crippen molar-refractivity contribution in [3.05, 3.63) is 12.2 Å². The molecule has 2 heteroatoms. The molecule has 1 aliphatic carbocycles.